The number of benzene rings is 1. The molecule has 0 radical (unpaired) electrons. The van der Waals surface area contributed by atoms with E-state index in [-0.39, 0.29) is 41.7 Å². The van der Waals surface area contributed by atoms with Gasteiger partial charge in [0.1, 0.15) is 17.7 Å². The zero-order chi connectivity index (χ0) is 29.1. The summed E-state index contributed by atoms with van der Waals surface area (Å²) in [6.45, 7) is 1.50. The summed E-state index contributed by atoms with van der Waals surface area (Å²) in [5.41, 5.74) is 0.914. The number of hydrogen-bond acceptors (Lipinski definition) is 7. The summed E-state index contributed by atoms with van der Waals surface area (Å²) in [7, 11) is 1.59. The molecule has 2 fully saturated rings. The number of piperidine rings is 1. The summed E-state index contributed by atoms with van der Waals surface area (Å²) in [5.74, 6) is -2.60. The van der Waals surface area contributed by atoms with Crippen molar-refractivity contribution in [3.8, 4) is 5.75 Å². The predicted molar refractivity (Wildman–Crippen MR) is 145 cm³/mol. The van der Waals surface area contributed by atoms with E-state index in [0.717, 1.165) is 37.7 Å². The number of amides is 3. The molecule has 5 rings (SSSR count). The molecule has 0 bridgehead atoms. The molecule has 3 amide bonds. The van der Waals surface area contributed by atoms with Crippen LogP contribution in [-0.4, -0.2) is 83.5 Å². The van der Waals surface area contributed by atoms with Crippen LogP contribution in [0.3, 0.4) is 0 Å². The first kappa shape index (κ1) is 28.1. The van der Waals surface area contributed by atoms with Crippen molar-refractivity contribution < 1.29 is 27.5 Å². The van der Waals surface area contributed by atoms with Gasteiger partial charge in [-0.1, -0.05) is 0 Å². The molecule has 1 aromatic heterocycles. The second-order valence-electron chi connectivity index (χ2n) is 10.1. The highest BCUT2D eigenvalue weighted by Gasteiger charge is 2.39. The molecule has 2 saturated heterocycles. The molecular weight excluding hydrogens is 539 g/mol. The van der Waals surface area contributed by atoms with Crippen LogP contribution >= 0.6 is 0 Å². The van der Waals surface area contributed by atoms with E-state index in [4.69, 9.17) is 10.1 Å². The van der Waals surface area contributed by atoms with Gasteiger partial charge in [-0.2, -0.15) is 5.10 Å². The zero-order valence-corrected chi connectivity index (χ0v) is 22.4. The van der Waals surface area contributed by atoms with Gasteiger partial charge in [0.15, 0.2) is 11.6 Å². The van der Waals surface area contributed by atoms with Gasteiger partial charge in [-0.05, 0) is 37.0 Å². The van der Waals surface area contributed by atoms with Crippen LogP contribution in [0.15, 0.2) is 41.1 Å². The predicted octanol–water partition coefficient (Wildman–Crippen LogP) is 3.71. The van der Waals surface area contributed by atoms with Gasteiger partial charge < -0.3 is 25.3 Å². The summed E-state index contributed by atoms with van der Waals surface area (Å²) in [6.07, 6.45) is 6.09. The molecular formula is C28H30F3N7O3. The second kappa shape index (κ2) is 12.0. The number of halogens is 3. The lowest BCUT2D eigenvalue weighted by Gasteiger charge is -2.41. The van der Waals surface area contributed by atoms with Crippen molar-refractivity contribution in [3.05, 3.63) is 64.7 Å². The Morgan fingerprint density at radius 2 is 1.76 bits per heavy atom. The molecule has 0 spiro atoms. The van der Waals surface area contributed by atoms with E-state index in [9.17, 15) is 22.8 Å². The number of urea groups is 1. The minimum atomic E-state index is -0.740. The number of ether oxygens (including phenoxy) is 1. The molecule has 2 N–H and O–H groups in total. The first-order chi connectivity index (χ1) is 19.8. The number of hydrogen-bond donors (Lipinski definition) is 2. The maximum absolute atomic E-state index is 14.7. The third kappa shape index (κ3) is 5.88. The maximum Gasteiger partial charge on any atom is 0.341 e. The largest absolute Gasteiger partial charge is 0.483 e. The number of aromatic nitrogens is 1. The number of pyridine rings is 1. The Bertz CT molecular complexity index is 1380. The normalized spacial score (nSPS) is 19.5. The average Bonchev–Trinajstić information content (AvgIpc) is 3.44. The third-order valence-electron chi connectivity index (χ3n) is 7.32. The Balaban J connectivity index is 1.26. The first-order valence-electron chi connectivity index (χ1n) is 13.4. The fourth-order valence-electron chi connectivity index (χ4n) is 5.19. The van der Waals surface area contributed by atoms with Gasteiger partial charge in [0, 0.05) is 51.1 Å². The molecule has 1 aromatic carbocycles. The van der Waals surface area contributed by atoms with Gasteiger partial charge in [-0.15, -0.1) is 0 Å². The highest BCUT2D eigenvalue weighted by molar-refractivity contribution is 6.17. The Morgan fingerprint density at radius 1 is 1.05 bits per heavy atom. The molecule has 13 heteroatoms. The quantitative estimate of drug-likeness (QED) is 0.390. The molecule has 1 atom stereocenters. The minimum absolute atomic E-state index is 0.109. The third-order valence-corrected chi connectivity index (χ3v) is 7.32. The molecule has 4 heterocycles. The van der Waals surface area contributed by atoms with Gasteiger partial charge in [-0.3, -0.25) is 9.78 Å². The number of carbonyl (C=O) groups excluding carboxylic acids is 2. The minimum Gasteiger partial charge on any atom is -0.483 e. The monoisotopic (exact) mass is 569 g/mol. The van der Waals surface area contributed by atoms with E-state index < -0.39 is 35.6 Å². The summed E-state index contributed by atoms with van der Waals surface area (Å²) in [4.78, 5) is 33.4. The van der Waals surface area contributed by atoms with E-state index in [1.807, 2.05) is 0 Å². The highest BCUT2D eigenvalue weighted by atomic mass is 19.1. The van der Waals surface area contributed by atoms with Crippen LogP contribution in [0.4, 0.5) is 18.0 Å². The smallest absolute Gasteiger partial charge is 0.341 e. The van der Waals surface area contributed by atoms with Crippen molar-refractivity contribution in [1.29, 1.82) is 5.41 Å². The lowest BCUT2D eigenvalue weighted by atomic mass is 10.0. The Kier molecular flexibility index (Phi) is 8.22. The van der Waals surface area contributed by atoms with E-state index in [1.165, 1.54) is 34.3 Å². The van der Waals surface area contributed by atoms with E-state index in [2.05, 4.69) is 15.4 Å². The average molecular weight is 570 g/mol. The SMILES string of the molecule is CN/C(=C(\C=N)C(=O)N1CCCCC1)c1cc(OC2CN(C(=O)N3N=CC[C@H]3c3cc(F)cc(F)c3)C2)c(F)cn1. The molecule has 0 saturated carbocycles. The van der Waals surface area contributed by atoms with Gasteiger partial charge >= 0.3 is 6.03 Å². The molecule has 10 nitrogen and oxygen atoms in total. The summed E-state index contributed by atoms with van der Waals surface area (Å²) >= 11 is 0. The number of carbonyl (C=O) groups is 2. The van der Waals surface area contributed by atoms with Crippen molar-refractivity contribution in [1.82, 2.24) is 25.1 Å². The van der Waals surface area contributed by atoms with Gasteiger partial charge in [-0.25, -0.2) is 23.0 Å². The lowest BCUT2D eigenvalue weighted by molar-refractivity contribution is -0.127. The van der Waals surface area contributed by atoms with Crippen LogP contribution in [0.2, 0.25) is 0 Å². The van der Waals surface area contributed by atoms with Crippen molar-refractivity contribution in [2.24, 2.45) is 5.10 Å². The Labute approximate surface area is 235 Å². The van der Waals surface area contributed by atoms with E-state index >= 15 is 0 Å². The molecule has 3 aliphatic rings. The van der Waals surface area contributed by atoms with Crippen molar-refractivity contribution in [2.45, 2.75) is 37.8 Å². The molecule has 0 unspecified atom stereocenters. The molecule has 41 heavy (non-hydrogen) atoms. The number of nitrogens with one attached hydrogen (secondary N) is 2. The van der Waals surface area contributed by atoms with Crippen LogP contribution < -0.4 is 10.1 Å². The Hall–Kier alpha value is -4.42. The highest BCUT2D eigenvalue weighted by Crippen LogP contribution is 2.32. The van der Waals surface area contributed by atoms with E-state index in [0.29, 0.717) is 25.1 Å². The lowest BCUT2D eigenvalue weighted by Crippen LogP contribution is -2.58. The number of likely N-dealkylation sites (tertiary alicyclic amines) is 2. The summed E-state index contributed by atoms with van der Waals surface area (Å²) in [5, 5.41) is 16.1. The zero-order valence-electron chi connectivity index (χ0n) is 22.4. The molecule has 0 aliphatic carbocycles. The standard InChI is InChI=1S/C28H30F3N7O3/c1-33-26(21(13-32)27(39)36-7-3-2-4-8-36)23-12-25(22(31)14-34-23)41-20-15-37(16-20)28(40)38-24(5-6-35-38)17-9-18(29)11-19(30)10-17/h6,9-14,20,24,32-33H,2-5,7-8,15-16H2,1H3/b26-21+,32-13?/t24-/m0/s1. The summed E-state index contributed by atoms with van der Waals surface area (Å²) in [6, 6.07) is 3.36. The van der Waals surface area contributed by atoms with E-state index in [1.54, 1.807) is 11.9 Å². The fraction of sp³-hybridized carbons (Fsp3) is 0.393. The number of rotatable bonds is 7. The number of nitrogens with zero attached hydrogens (tertiary/aromatic N) is 5. The first-order valence-corrected chi connectivity index (χ1v) is 13.4. The van der Waals surface area contributed by atoms with Crippen LogP contribution in [0.5, 0.6) is 5.75 Å². The maximum atomic E-state index is 14.7. The topological polar surface area (TPSA) is 114 Å². The molecule has 216 valence electrons. The van der Waals surface area contributed by atoms with Crippen molar-refractivity contribution in [3.63, 3.8) is 0 Å². The summed E-state index contributed by atoms with van der Waals surface area (Å²) < 4.78 is 48.0. The van der Waals surface area contributed by atoms with Crippen LogP contribution in [-0.2, 0) is 4.79 Å². The van der Waals surface area contributed by atoms with Crippen LogP contribution in [0.1, 0.15) is 43.0 Å². The Morgan fingerprint density at radius 3 is 2.41 bits per heavy atom. The second-order valence-corrected chi connectivity index (χ2v) is 10.1. The van der Waals surface area contributed by atoms with Crippen LogP contribution in [0.25, 0.3) is 5.70 Å². The van der Waals surface area contributed by atoms with Gasteiger partial charge in [0.25, 0.3) is 5.91 Å². The van der Waals surface area contributed by atoms with Crippen LogP contribution in [0, 0.1) is 22.9 Å². The number of hydrazone groups is 1. The molecule has 2 aromatic rings. The fourth-order valence-corrected chi connectivity index (χ4v) is 5.19. The molecule has 3 aliphatic heterocycles. The van der Waals surface area contributed by atoms with Gasteiger partial charge in [0.05, 0.1) is 42.3 Å². The van der Waals surface area contributed by atoms with Crippen molar-refractivity contribution in [2.75, 3.05) is 33.2 Å². The van der Waals surface area contributed by atoms with Crippen molar-refractivity contribution >= 4 is 30.1 Å². The van der Waals surface area contributed by atoms with Gasteiger partial charge in [0.2, 0.25) is 0 Å².